The predicted molar refractivity (Wildman–Crippen MR) is 87.5 cm³/mol. The van der Waals surface area contributed by atoms with Crippen molar-refractivity contribution in [3.8, 4) is 0 Å². The molecule has 0 aromatic carbocycles. The minimum atomic E-state index is 0.0418. The molecule has 1 aromatic rings. The molecule has 5 rings (SSSR count). The molecule has 2 unspecified atom stereocenters. The van der Waals surface area contributed by atoms with Crippen LogP contribution in [0, 0.1) is 22.2 Å². The summed E-state index contributed by atoms with van der Waals surface area (Å²) in [5.41, 5.74) is 0.944. The number of hydrogen-bond donors (Lipinski definition) is 0. The minimum absolute atomic E-state index is 0.0418. The molecular weight excluding hydrogens is 276 g/mol. The highest BCUT2D eigenvalue weighted by atomic mass is 32.1. The van der Waals surface area contributed by atoms with E-state index in [1.54, 1.807) is 11.3 Å². The van der Waals surface area contributed by atoms with Crippen LogP contribution in [-0.4, -0.2) is 5.78 Å². The Morgan fingerprint density at radius 2 is 1.90 bits per heavy atom. The van der Waals surface area contributed by atoms with Crippen LogP contribution in [0.15, 0.2) is 17.5 Å². The molecule has 0 saturated heterocycles. The second-order valence-corrected chi connectivity index (χ2v) is 9.95. The van der Waals surface area contributed by atoms with E-state index in [4.69, 9.17) is 0 Å². The van der Waals surface area contributed by atoms with E-state index in [9.17, 15) is 4.79 Å². The van der Waals surface area contributed by atoms with Gasteiger partial charge in [0.15, 0.2) is 0 Å². The van der Waals surface area contributed by atoms with E-state index < -0.39 is 0 Å². The largest absolute Gasteiger partial charge is 0.299 e. The second kappa shape index (κ2) is 4.44. The van der Waals surface area contributed by atoms with Gasteiger partial charge in [-0.2, -0.15) is 0 Å². The summed E-state index contributed by atoms with van der Waals surface area (Å²) in [6, 6.07) is 4.26. The molecule has 4 fully saturated rings. The maximum atomic E-state index is 13.1. The van der Waals surface area contributed by atoms with Crippen LogP contribution in [-0.2, 0) is 11.2 Å². The summed E-state index contributed by atoms with van der Waals surface area (Å²) in [6.07, 6.45) is 9.38. The van der Waals surface area contributed by atoms with Gasteiger partial charge >= 0.3 is 0 Å². The van der Waals surface area contributed by atoms with Gasteiger partial charge in [0.25, 0.3) is 0 Å². The lowest BCUT2D eigenvalue weighted by Crippen LogP contribution is -2.57. The number of hydrogen-bond acceptors (Lipinski definition) is 2. The Bertz CT molecular complexity index is 540. The fourth-order valence-corrected chi connectivity index (χ4v) is 7.42. The molecule has 2 atom stereocenters. The standard InChI is InChI=1S/C19H26OS/c1-17-8-14-9-18(2,11-17)13-19(10-14,12-17)16(20)6-5-15-4-3-7-21-15/h3-4,7,14H,5-6,8-13H2,1-2H3. The zero-order chi connectivity index (χ0) is 14.7. The van der Waals surface area contributed by atoms with E-state index >= 15 is 0 Å². The van der Waals surface area contributed by atoms with Crippen molar-refractivity contribution in [2.24, 2.45) is 22.2 Å². The van der Waals surface area contributed by atoms with Crippen LogP contribution in [0.1, 0.15) is 63.7 Å². The second-order valence-electron chi connectivity index (χ2n) is 8.91. The Morgan fingerprint density at radius 3 is 2.48 bits per heavy atom. The smallest absolute Gasteiger partial charge is 0.139 e. The summed E-state index contributed by atoms with van der Waals surface area (Å²) in [4.78, 5) is 14.4. The molecule has 0 spiro atoms. The third-order valence-corrected chi connectivity index (χ3v) is 7.33. The van der Waals surface area contributed by atoms with Crippen molar-refractivity contribution < 1.29 is 4.79 Å². The van der Waals surface area contributed by atoms with Crippen LogP contribution >= 0.6 is 11.3 Å². The number of carbonyl (C=O) groups is 1. The summed E-state index contributed by atoms with van der Waals surface area (Å²) < 4.78 is 0. The Balaban J connectivity index is 1.54. The highest BCUT2D eigenvalue weighted by molar-refractivity contribution is 7.09. The molecule has 4 saturated carbocycles. The van der Waals surface area contributed by atoms with Gasteiger partial charge in [-0.05, 0) is 73.1 Å². The third kappa shape index (κ3) is 2.30. The van der Waals surface area contributed by atoms with E-state index in [1.165, 1.54) is 43.4 Å². The lowest BCUT2D eigenvalue weighted by Gasteiger charge is -2.64. The van der Waals surface area contributed by atoms with Crippen molar-refractivity contribution in [1.82, 2.24) is 0 Å². The maximum absolute atomic E-state index is 13.1. The van der Waals surface area contributed by atoms with E-state index in [0.29, 0.717) is 16.6 Å². The molecule has 21 heavy (non-hydrogen) atoms. The number of thiophene rings is 1. The fourth-order valence-electron chi connectivity index (χ4n) is 6.72. The maximum Gasteiger partial charge on any atom is 0.139 e. The Labute approximate surface area is 132 Å². The van der Waals surface area contributed by atoms with Crippen molar-refractivity contribution >= 4 is 17.1 Å². The first kappa shape index (κ1) is 14.0. The average molecular weight is 302 g/mol. The zero-order valence-corrected chi connectivity index (χ0v) is 14.1. The van der Waals surface area contributed by atoms with Gasteiger partial charge in [0.2, 0.25) is 0 Å². The highest BCUT2D eigenvalue weighted by Gasteiger charge is 2.62. The van der Waals surface area contributed by atoms with Gasteiger partial charge in [-0.15, -0.1) is 11.3 Å². The third-order valence-electron chi connectivity index (χ3n) is 6.40. The van der Waals surface area contributed by atoms with Crippen LogP contribution < -0.4 is 0 Å². The molecule has 2 heteroatoms. The molecule has 1 aromatic heterocycles. The lowest BCUT2D eigenvalue weighted by molar-refractivity contribution is -0.168. The Hall–Kier alpha value is -0.630. The summed E-state index contributed by atoms with van der Waals surface area (Å²) in [5, 5.41) is 2.12. The van der Waals surface area contributed by atoms with Gasteiger partial charge in [-0.3, -0.25) is 4.79 Å². The fraction of sp³-hybridized carbons (Fsp3) is 0.737. The van der Waals surface area contributed by atoms with Crippen LogP contribution in [0.2, 0.25) is 0 Å². The normalized spacial score (nSPS) is 44.2. The monoisotopic (exact) mass is 302 g/mol. The summed E-state index contributed by atoms with van der Waals surface area (Å²) in [6.45, 7) is 4.91. The molecule has 1 nitrogen and oxygen atoms in total. The average Bonchev–Trinajstić information content (AvgIpc) is 2.84. The topological polar surface area (TPSA) is 17.1 Å². The highest BCUT2D eigenvalue weighted by Crippen LogP contribution is 2.69. The molecule has 4 aliphatic carbocycles. The minimum Gasteiger partial charge on any atom is -0.299 e. The number of aryl methyl sites for hydroxylation is 1. The van der Waals surface area contributed by atoms with Crippen LogP contribution in [0.4, 0.5) is 0 Å². The van der Waals surface area contributed by atoms with Gasteiger partial charge in [-0.25, -0.2) is 0 Å². The number of carbonyl (C=O) groups excluding carboxylic acids is 1. The van der Waals surface area contributed by atoms with Crippen molar-refractivity contribution in [1.29, 1.82) is 0 Å². The first-order valence-electron chi connectivity index (χ1n) is 8.46. The molecule has 0 radical (unpaired) electrons. The quantitative estimate of drug-likeness (QED) is 0.742. The lowest BCUT2D eigenvalue weighted by atomic mass is 9.39. The van der Waals surface area contributed by atoms with Crippen LogP contribution in [0.5, 0.6) is 0 Å². The summed E-state index contributed by atoms with van der Waals surface area (Å²) >= 11 is 1.79. The number of rotatable bonds is 4. The van der Waals surface area contributed by atoms with Crippen molar-refractivity contribution in [2.75, 3.05) is 0 Å². The van der Waals surface area contributed by atoms with Crippen molar-refractivity contribution in [3.05, 3.63) is 22.4 Å². The van der Waals surface area contributed by atoms with Crippen molar-refractivity contribution in [2.45, 2.75) is 65.2 Å². The number of ketones is 1. The molecule has 4 bridgehead atoms. The first-order valence-corrected chi connectivity index (χ1v) is 9.34. The van der Waals surface area contributed by atoms with E-state index in [0.717, 1.165) is 18.8 Å². The molecule has 0 amide bonds. The Kier molecular flexibility index (Phi) is 2.96. The molecular formula is C19H26OS. The molecule has 4 aliphatic rings. The molecule has 114 valence electrons. The van der Waals surface area contributed by atoms with Gasteiger partial charge in [-0.1, -0.05) is 19.9 Å². The van der Waals surface area contributed by atoms with Gasteiger partial charge < -0.3 is 0 Å². The van der Waals surface area contributed by atoms with E-state index in [1.807, 2.05) is 0 Å². The Morgan fingerprint density at radius 1 is 1.19 bits per heavy atom. The van der Waals surface area contributed by atoms with Gasteiger partial charge in [0.05, 0.1) is 0 Å². The SMILES string of the molecule is CC12CC3CC(C)(C1)CC(C(=O)CCc1cccs1)(C3)C2. The molecule has 0 aliphatic heterocycles. The summed E-state index contributed by atoms with van der Waals surface area (Å²) in [7, 11) is 0. The van der Waals surface area contributed by atoms with Crippen LogP contribution in [0.3, 0.4) is 0 Å². The first-order chi connectivity index (χ1) is 9.91. The van der Waals surface area contributed by atoms with Crippen molar-refractivity contribution in [3.63, 3.8) is 0 Å². The zero-order valence-electron chi connectivity index (χ0n) is 13.3. The van der Waals surface area contributed by atoms with Gasteiger partial charge in [0, 0.05) is 16.7 Å². The van der Waals surface area contributed by atoms with Crippen LogP contribution in [0.25, 0.3) is 0 Å². The number of Topliss-reactive ketones (excluding diaryl/α,β-unsaturated/α-hetero) is 1. The van der Waals surface area contributed by atoms with E-state index in [-0.39, 0.29) is 5.41 Å². The molecule has 1 heterocycles. The predicted octanol–water partition coefficient (Wildman–Crippen LogP) is 5.25. The molecule has 0 N–H and O–H groups in total. The summed E-state index contributed by atoms with van der Waals surface area (Å²) in [5.74, 6) is 1.40. The van der Waals surface area contributed by atoms with Gasteiger partial charge in [0.1, 0.15) is 5.78 Å². The van der Waals surface area contributed by atoms with E-state index in [2.05, 4.69) is 31.4 Å².